The van der Waals surface area contributed by atoms with E-state index in [1.165, 1.54) is 6.20 Å². The van der Waals surface area contributed by atoms with Crippen LogP contribution in [0.15, 0.2) is 12.3 Å². The minimum absolute atomic E-state index is 0.208. The number of alkyl halides is 2. The Morgan fingerprint density at radius 3 is 2.79 bits per heavy atom. The zero-order valence-corrected chi connectivity index (χ0v) is 7.84. The first-order valence-electron chi connectivity index (χ1n) is 4.20. The molecule has 0 unspecified atom stereocenters. The summed E-state index contributed by atoms with van der Waals surface area (Å²) in [6.45, 7) is 1.58. The Kier molecular flexibility index (Phi) is 3.76. The molecule has 1 aromatic heterocycles. The highest BCUT2D eigenvalue weighted by atomic mass is 19.3. The molecule has 3 nitrogen and oxygen atoms in total. The van der Waals surface area contributed by atoms with Gasteiger partial charge in [-0.1, -0.05) is 0 Å². The van der Waals surface area contributed by atoms with E-state index in [0.717, 1.165) is 11.1 Å². The standard InChI is InChI=1S/C9H12F2N2O/c1-6-2-9(14-5-8(10)11)13-4-7(6)3-12/h2,4,8H,3,5,12H2,1H3. The van der Waals surface area contributed by atoms with Crippen molar-refractivity contribution in [2.75, 3.05) is 6.61 Å². The van der Waals surface area contributed by atoms with Crippen molar-refractivity contribution >= 4 is 0 Å². The third-order valence-corrected chi connectivity index (χ3v) is 1.77. The molecule has 0 aliphatic carbocycles. The van der Waals surface area contributed by atoms with Gasteiger partial charge >= 0.3 is 0 Å². The summed E-state index contributed by atoms with van der Waals surface area (Å²) < 4.78 is 28.3. The number of pyridine rings is 1. The van der Waals surface area contributed by atoms with Crippen molar-refractivity contribution in [1.29, 1.82) is 0 Å². The molecule has 1 heterocycles. The molecule has 0 amide bonds. The van der Waals surface area contributed by atoms with Crippen LogP contribution in [-0.2, 0) is 6.54 Å². The van der Waals surface area contributed by atoms with Crippen molar-refractivity contribution < 1.29 is 13.5 Å². The Morgan fingerprint density at radius 1 is 1.57 bits per heavy atom. The van der Waals surface area contributed by atoms with E-state index in [1.54, 1.807) is 6.07 Å². The molecule has 0 spiro atoms. The normalized spacial score (nSPS) is 10.6. The monoisotopic (exact) mass is 202 g/mol. The molecule has 0 saturated heterocycles. The lowest BCUT2D eigenvalue weighted by Crippen LogP contribution is -2.09. The fraction of sp³-hybridized carbons (Fsp3) is 0.444. The molecule has 0 atom stereocenters. The zero-order valence-electron chi connectivity index (χ0n) is 7.84. The van der Waals surface area contributed by atoms with Crippen LogP contribution in [0.3, 0.4) is 0 Å². The van der Waals surface area contributed by atoms with Crippen LogP contribution in [0, 0.1) is 6.92 Å². The predicted octanol–water partition coefficient (Wildman–Crippen LogP) is 1.49. The van der Waals surface area contributed by atoms with Gasteiger partial charge in [0.15, 0.2) is 6.61 Å². The van der Waals surface area contributed by atoms with Gasteiger partial charge < -0.3 is 10.5 Å². The topological polar surface area (TPSA) is 48.1 Å². The molecule has 78 valence electrons. The number of nitrogens with two attached hydrogens (primary N) is 1. The molecule has 1 aromatic rings. The summed E-state index contributed by atoms with van der Waals surface area (Å²) in [6, 6.07) is 1.60. The maximum absolute atomic E-state index is 11.8. The van der Waals surface area contributed by atoms with E-state index in [0.29, 0.717) is 6.54 Å². The molecule has 0 radical (unpaired) electrons. The van der Waals surface area contributed by atoms with E-state index in [4.69, 9.17) is 10.5 Å². The summed E-state index contributed by atoms with van der Waals surface area (Å²) >= 11 is 0. The van der Waals surface area contributed by atoms with Crippen LogP contribution in [-0.4, -0.2) is 18.0 Å². The second-order valence-electron chi connectivity index (χ2n) is 2.86. The van der Waals surface area contributed by atoms with E-state index in [9.17, 15) is 8.78 Å². The average molecular weight is 202 g/mol. The van der Waals surface area contributed by atoms with Gasteiger partial charge in [-0.05, 0) is 18.1 Å². The summed E-state index contributed by atoms with van der Waals surface area (Å²) in [5.41, 5.74) is 7.20. The van der Waals surface area contributed by atoms with Gasteiger partial charge in [0.1, 0.15) is 0 Å². The van der Waals surface area contributed by atoms with Crippen molar-refractivity contribution in [1.82, 2.24) is 4.98 Å². The van der Waals surface area contributed by atoms with Gasteiger partial charge in [-0.3, -0.25) is 0 Å². The molecule has 0 bridgehead atoms. The Bertz CT molecular complexity index is 305. The summed E-state index contributed by atoms with van der Waals surface area (Å²) in [5.74, 6) is 0.208. The molecular weight excluding hydrogens is 190 g/mol. The Labute approximate surface area is 80.9 Å². The number of rotatable bonds is 4. The second kappa shape index (κ2) is 4.85. The quantitative estimate of drug-likeness (QED) is 0.804. The lowest BCUT2D eigenvalue weighted by molar-refractivity contribution is 0.0795. The summed E-state index contributed by atoms with van der Waals surface area (Å²) in [4.78, 5) is 3.85. The van der Waals surface area contributed by atoms with Crippen LogP contribution in [0.25, 0.3) is 0 Å². The maximum Gasteiger partial charge on any atom is 0.272 e. The van der Waals surface area contributed by atoms with Gasteiger partial charge in [-0.15, -0.1) is 0 Å². The van der Waals surface area contributed by atoms with Crippen LogP contribution in [0.2, 0.25) is 0 Å². The number of hydrogen-bond acceptors (Lipinski definition) is 3. The first kappa shape index (κ1) is 10.8. The van der Waals surface area contributed by atoms with Crippen molar-refractivity contribution in [3.05, 3.63) is 23.4 Å². The zero-order chi connectivity index (χ0) is 10.6. The third-order valence-electron chi connectivity index (χ3n) is 1.77. The largest absolute Gasteiger partial charge is 0.472 e. The molecule has 0 aliphatic heterocycles. The van der Waals surface area contributed by atoms with Crippen molar-refractivity contribution in [3.8, 4) is 5.88 Å². The number of aromatic nitrogens is 1. The van der Waals surface area contributed by atoms with Gasteiger partial charge in [0.25, 0.3) is 6.43 Å². The van der Waals surface area contributed by atoms with Gasteiger partial charge in [0.2, 0.25) is 5.88 Å². The highest BCUT2D eigenvalue weighted by molar-refractivity contribution is 5.27. The molecule has 0 aliphatic rings. The van der Waals surface area contributed by atoms with E-state index >= 15 is 0 Å². The smallest absolute Gasteiger partial charge is 0.272 e. The molecule has 0 aromatic carbocycles. The second-order valence-corrected chi connectivity index (χ2v) is 2.86. The number of hydrogen-bond donors (Lipinski definition) is 1. The lowest BCUT2D eigenvalue weighted by atomic mass is 10.2. The highest BCUT2D eigenvalue weighted by Crippen LogP contribution is 2.13. The number of halogens is 2. The van der Waals surface area contributed by atoms with Crippen molar-refractivity contribution in [2.24, 2.45) is 5.73 Å². The summed E-state index contributed by atoms with van der Waals surface area (Å²) in [7, 11) is 0. The Balaban J connectivity index is 2.66. The first-order chi connectivity index (χ1) is 6.63. The third kappa shape index (κ3) is 2.92. The molecular formula is C9H12F2N2O. The van der Waals surface area contributed by atoms with Crippen LogP contribution < -0.4 is 10.5 Å². The van der Waals surface area contributed by atoms with Gasteiger partial charge in [-0.25, -0.2) is 13.8 Å². The van der Waals surface area contributed by atoms with Gasteiger partial charge in [-0.2, -0.15) is 0 Å². The Morgan fingerprint density at radius 2 is 2.29 bits per heavy atom. The van der Waals surface area contributed by atoms with E-state index in [1.807, 2.05) is 6.92 Å². The number of aryl methyl sites for hydroxylation is 1. The fourth-order valence-corrected chi connectivity index (χ4v) is 1.000. The molecule has 14 heavy (non-hydrogen) atoms. The van der Waals surface area contributed by atoms with Gasteiger partial charge in [0, 0.05) is 18.8 Å². The average Bonchev–Trinajstić information content (AvgIpc) is 2.15. The van der Waals surface area contributed by atoms with E-state index in [2.05, 4.69) is 4.98 Å². The number of nitrogens with zero attached hydrogens (tertiary/aromatic N) is 1. The minimum Gasteiger partial charge on any atom is -0.472 e. The SMILES string of the molecule is Cc1cc(OCC(F)F)ncc1CN. The fourth-order valence-electron chi connectivity index (χ4n) is 1.000. The maximum atomic E-state index is 11.8. The molecule has 0 fully saturated rings. The highest BCUT2D eigenvalue weighted by Gasteiger charge is 2.05. The summed E-state index contributed by atoms with van der Waals surface area (Å²) in [5, 5.41) is 0. The molecule has 1 rings (SSSR count). The van der Waals surface area contributed by atoms with E-state index in [-0.39, 0.29) is 5.88 Å². The van der Waals surface area contributed by atoms with Crippen LogP contribution in [0.5, 0.6) is 5.88 Å². The minimum atomic E-state index is -2.48. The van der Waals surface area contributed by atoms with Gasteiger partial charge in [0.05, 0.1) is 0 Å². The Hall–Kier alpha value is -1.23. The lowest BCUT2D eigenvalue weighted by Gasteiger charge is -2.07. The first-order valence-corrected chi connectivity index (χ1v) is 4.20. The van der Waals surface area contributed by atoms with Crippen molar-refractivity contribution in [3.63, 3.8) is 0 Å². The van der Waals surface area contributed by atoms with Crippen molar-refractivity contribution in [2.45, 2.75) is 19.9 Å². The van der Waals surface area contributed by atoms with Crippen LogP contribution in [0.4, 0.5) is 8.78 Å². The molecule has 5 heteroatoms. The number of ether oxygens (including phenoxy) is 1. The predicted molar refractivity (Wildman–Crippen MR) is 48.4 cm³/mol. The summed E-state index contributed by atoms with van der Waals surface area (Å²) in [6.07, 6.45) is -0.942. The molecule has 2 N–H and O–H groups in total. The molecule has 0 saturated carbocycles. The van der Waals surface area contributed by atoms with Crippen LogP contribution >= 0.6 is 0 Å². The van der Waals surface area contributed by atoms with E-state index < -0.39 is 13.0 Å². The van der Waals surface area contributed by atoms with Crippen LogP contribution in [0.1, 0.15) is 11.1 Å².